The van der Waals surface area contributed by atoms with Gasteiger partial charge in [0.25, 0.3) is 0 Å². The molecule has 1 aliphatic rings. The quantitative estimate of drug-likeness (QED) is 0.479. The average molecular weight is 180 g/mol. The largest absolute Gasteiger partial charge is 0.303 e. The fraction of sp³-hybridized carbons (Fsp3) is 0.750. The van der Waals surface area contributed by atoms with Crippen molar-refractivity contribution in [1.29, 1.82) is 0 Å². The highest BCUT2D eigenvalue weighted by Crippen LogP contribution is 2.57. The Hall–Kier alpha value is -0.590. The molecule has 0 N–H and O–H groups in total. The predicted molar refractivity (Wildman–Crippen MR) is 55.5 cm³/mol. The standard InChI is InChI=1S/C12H20O/c1-9(2)11(4,5)10(3)12(8-13)6-7-12/h8,10H,1,6-7H2,2-5H3. The highest BCUT2D eigenvalue weighted by Gasteiger charge is 2.52. The summed E-state index contributed by atoms with van der Waals surface area (Å²) in [5.41, 5.74) is 1.23. The Morgan fingerprint density at radius 3 is 2.23 bits per heavy atom. The average Bonchev–Trinajstić information content (AvgIpc) is 2.83. The second-order valence-corrected chi connectivity index (χ2v) is 5.07. The molecule has 0 bridgehead atoms. The molecule has 1 aliphatic carbocycles. The first kappa shape index (κ1) is 10.5. The Labute approximate surface area is 81.2 Å². The van der Waals surface area contributed by atoms with Gasteiger partial charge in [-0.05, 0) is 31.1 Å². The number of hydrogen-bond acceptors (Lipinski definition) is 1. The fourth-order valence-corrected chi connectivity index (χ4v) is 1.89. The molecule has 74 valence electrons. The summed E-state index contributed by atoms with van der Waals surface area (Å²) in [6.45, 7) is 12.6. The lowest BCUT2D eigenvalue weighted by molar-refractivity contribution is -0.115. The monoisotopic (exact) mass is 180 g/mol. The van der Waals surface area contributed by atoms with Gasteiger partial charge in [0.15, 0.2) is 0 Å². The van der Waals surface area contributed by atoms with E-state index in [1.54, 1.807) is 0 Å². The van der Waals surface area contributed by atoms with Gasteiger partial charge in [0.1, 0.15) is 6.29 Å². The van der Waals surface area contributed by atoms with E-state index in [0.717, 1.165) is 19.1 Å². The van der Waals surface area contributed by atoms with Gasteiger partial charge in [0, 0.05) is 5.41 Å². The third-order valence-electron chi connectivity index (χ3n) is 4.11. The van der Waals surface area contributed by atoms with Gasteiger partial charge in [-0.1, -0.05) is 32.9 Å². The molecule has 0 aromatic carbocycles. The Morgan fingerprint density at radius 1 is 1.54 bits per heavy atom. The first-order valence-corrected chi connectivity index (χ1v) is 4.99. The second kappa shape index (κ2) is 2.97. The summed E-state index contributed by atoms with van der Waals surface area (Å²) in [6.07, 6.45) is 3.28. The first-order chi connectivity index (χ1) is 5.87. The Kier molecular flexibility index (Phi) is 2.40. The van der Waals surface area contributed by atoms with E-state index in [-0.39, 0.29) is 10.8 Å². The summed E-state index contributed by atoms with van der Waals surface area (Å²) < 4.78 is 0. The highest BCUT2D eigenvalue weighted by atomic mass is 16.1. The van der Waals surface area contributed by atoms with E-state index in [1.807, 2.05) is 0 Å². The lowest BCUT2D eigenvalue weighted by atomic mass is 9.68. The molecule has 0 radical (unpaired) electrons. The van der Waals surface area contributed by atoms with Crippen molar-refractivity contribution in [3.8, 4) is 0 Å². The molecule has 1 nitrogen and oxygen atoms in total. The second-order valence-electron chi connectivity index (χ2n) is 5.07. The maximum atomic E-state index is 11.0. The van der Waals surface area contributed by atoms with E-state index in [9.17, 15) is 4.79 Å². The zero-order valence-corrected chi connectivity index (χ0v) is 9.18. The van der Waals surface area contributed by atoms with E-state index in [4.69, 9.17) is 0 Å². The van der Waals surface area contributed by atoms with Crippen LogP contribution in [-0.2, 0) is 4.79 Å². The summed E-state index contributed by atoms with van der Waals surface area (Å²) >= 11 is 0. The van der Waals surface area contributed by atoms with Crippen LogP contribution in [0.1, 0.15) is 40.5 Å². The maximum absolute atomic E-state index is 11.0. The van der Waals surface area contributed by atoms with E-state index in [2.05, 4.69) is 34.3 Å². The topological polar surface area (TPSA) is 17.1 Å². The highest BCUT2D eigenvalue weighted by molar-refractivity contribution is 5.64. The van der Waals surface area contributed by atoms with Crippen molar-refractivity contribution >= 4 is 6.29 Å². The van der Waals surface area contributed by atoms with Crippen LogP contribution in [0.4, 0.5) is 0 Å². The summed E-state index contributed by atoms with van der Waals surface area (Å²) in [5.74, 6) is 0.412. The molecule has 1 unspecified atom stereocenters. The first-order valence-electron chi connectivity index (χ1n) is 4.99. The van der Waals surface area contributed by atoms with Gasteiger partial charge in [-0.2, -0.15) is 0 Å². The van der Waals surface area contributed by atoms with Gasteiger partial charge in [-0.25, -0.2) is 0 Å². The molecular formula is C12H20O. The molecule has 1 fully saturated rings. The number of allylic oxidation sites excluding steroid dienone is 1. The molecule has 1 rings (SSSR count). The van der Waals surface area contributed by atoms with Gasteiger partial charge in [0.2, 0.25) is 0 Å². The smallest absolute Gasteiger partial charge is 0.126 e. The Morgan fingerprint density at radius 2 is 2.00 bits per heavy atom. The van der Waals surface area contributed by atoms with Gasteiger partial charge in [-0.3, -0.25) is 0 Å². The van der Waals surface area contributed by atoms with Crippen LogP contribution >= 0.6 is 0 Å². The van der Waals surface area contributed by atoms with E-state index >= 15 is 0 Å². The SMILES string of the molecule is C=C(C)C(C)(C)C(C)C1(C=O)CC1. The maximum Gasteiger partial charge on any atom is 0.126 e. The van der Waals surface area contributed by atoms with E-state index in [0.29, 0.717) is 5.92 Å². The Balaban J connectivity index is 2.83. The number of hydrogen-bond donors (Lipinski definition) is 0. The van der Waals surface area contributed by atoms with Crippen LogP contribution in [0.5, 0.6) is 0 Å². The molecule has 1 saturated carbocycles. The van der Waals surface area contributed by atoms with Crippen LogP contribution in [0.25, 0.3) is 0 Å². The van der Waals surface area contributed by atoms with Crippen LogP contribution in [0.15, 0.2) is 12.2 Å². The molecule has 1 heteroatoms. The van der Waals surface area contributed by atoms with Gasteiger partial charge >= 0.3 is 0 Å². The molecule has 0 aliphatic heterocycles. The predicted octanol–water partition coefficient (Wildman–Crippen LogP) is 3.20. The number of aldehydes is 1. The van der Waals surface area contributed by atoms with Crippen LogP contribution in [0.2, 0.25) is 0 Å². The lowest BCUT2D eigenvalue weighted by Gasteiger charge is -2.36. The van der Waals surface area contributed by atoms with E-state index in [1.165, 1.54) is 5.57 Å². The molecule has 0 amide bonds. The van der Waals surface area contributed by atoms with Gasteiger partial charge in [0.05, 0.1) is 0 Å². The zero-order valence-electron chi connectivity index (χ0n) is 9.18. The van der Waals surface area contributed by atoms with Crippen molar-refractivity contribution in [2.24, 2.45) is 16.7 Å². The number of rotatable bonds is 4. The summed E-state index contributed by atoms with van der Waals surface area (Å²) in [5, 5.41) is 0. The van der Waals surface area contributed by atoms with Crippen molar-refractivity contribution in [3.63, 3.8) is 0 Å². The fourth-order valence-electron chi connectivity index (χ4n) is 1.89. The summed E-state index contributed by atoms with van der Waals surface area (Å²) in [6, 6.07) is 0. The van der Waals surface area contributed by atoms with Crippen LogP contribution in [0, 0.1) is 16.7 Å². The minimum absolute atomic E-state index is 0.0253. The summed E-state index contributed by atoms with van der Waals surface area (Å²) in [7, 11) is 0. The lowest BCUT2D eigenvalue weighted by Crippen LogP contribution is -2.31. The normalized spacial score (nSPS) is 22.2. The third kappa shape index (κ3) is 1.56. The number of carbonyl (C=O) groups is 1. The molecule has 0 aromatic rings. The zero-order chi connectivity index (χ0) is 10.3. The van der Waals surface area contributed by atoms with Crippen molar-refractivity contribution < 1.29 is 4.79 Å². The molecule has 0 spiro atoms. The molecule has 1 atom stereocenters. The Bertz CT molecular complexity index is 234. The minimum Gasteiger partial charge on any atom is -0.303 e. The van der Waals surface area contributed by atoms with Crippen LogP contribution in [0.3, 0.4) is 0 Å². The van der Waals surface area contributed by atoms with Gasteiger partial charge < -0.3 is 4.79 Å². The molecule has 0 aromatic heterocycles. The van der Waals surface area contributed by atoms with Crippen molar-refractivity contribution in [2.75, 3.05) is 0 Å². The van der Waals surface area contributed by atoms with Crippen molar-refractivity contribution in [1.82, 2.24) is 0 Å². The molecule has 13 heavy (non-hydrogen) atoms. The van der Waals surface area contributed by atoms with Gasteiger partial charge in [-0.15, -0.1) is 0 Å². The summed E-state index contributed by atoms with van der Waals surface area (Å²) in [4.78, 5) is 11.0. The molecule has 0 heterocycles. The van der Waals surface area contributed by atoms with Crippen LogP contribution in [-0.4, -0.2) is 6.29 Å². The molecule has 0 saturated heterocycles. The van der Waals surface area contributed by atoms with Crippen molar-refractivity contribution in [3.05, 3.63) is 12.2 Å². The molecular weight excluding hydrogens is 160 g/mol. The van der Waals surface area contributed by atoms with E-state index < -0.39 is 0 Å². The third-order valence-corrected chi connectivity index (χ3v) is 4.11. The minimum atomic E-state index is -0.0253. The van der Waals surface area contributed by atoms with Crippen molar-refractivity contribution in [2.45, 2.75) is 40.5 Å². The van der Waals surface area contributed by atoms with Crippen LogP contribution < -0.4 is 0 Å². The number of carbonyl (C=O) groups excluding carboxylic acids is 1.